The summed E-state index contributed by atoms with van der Waals surface area (Å²) in [4.78, 5) is 16.8. The fraction of sp³-hybridized carbons (Fsp3) is 0.300. The normalized spacial score (nSPS) is 11.0. The summed E-state index contributed by atoms with van der Waals surface area (Å²) in [5, 5.41) is 2.98. The number of methoxy groups -OCH3 is 1. The molecule has 3 aromatic rings. The molecule has 0 fully saturated rings. The van der Waals surface area contributed by atoms with Gasteiger partial charge in [-0.3, -0.25) is 4.79 Å². The van der Waals surface area contributed by atoms with E-state index in [1.165, 1.54) is 0 Å². The predicted octanol–water partition coefficient (Wildman–Crippen LogP) is 3.31. The lowest BCUT2D eigenvalue weighted by Gasteiger charge is -2.09. The number of aryl methyl sites for hydroxylation is 2. The summed E-state index contributed by atoms with van der Waals surface area (Å²) in [7, 11) is 1.65. The molecule has 2 aromatic carbocycles. The fourth-order valence-electron chi connectivity index (χ4n) is 2.99. The summed E-state index contributed by atoms with van der Waals surface area (Å²) in [6.07, 6.45) is 0.852. The first-order valence-electron chi connectivity index (χ1n) is 8.47. The number of aromatic nitrogens is 2. The van der Waals surface area contributed by atoms with Crippen molar-refractivity contribution < 1.29 is 9.53 Å². The molecule has 5 nitrogen and oxygen atoms in total. The van der Waals surface area contributed by atoms with Crippen LogP contribution in [0.15, 0.2) is 48.5 Å². The molecule has 0 aliphatic heterocycles. The summed E-state index contributed by atoms with van der Waals surface area (Å²) in [5.74, 6) is 0.949. The van der Waals surface area contributed by atoms with Crippen LogP contribution in [0.2, 0.25) is 0 Å². The van der Waals surface area contributed by atoms with E-state index in [1.807, 2.05) is 49.4 Å². The fourth-order valence-corrected chi connectivity index (χ4v) is 2.99. The maximum absolute atomic E-state index is 12.3. The first kappa shape index (κ1) is 17.2. The van der Waals surface area contributed by atoms with Gasteiger partial charge in [0.25, 0.3) is 5.91 Å². The maximum atomic E-state index is 12.3. The molecule has 0 bridgehead atoms. The Balaban J connectivity index is 1.55. The van der Waals surface area contributed by atoms with Crippen molar-refractivity contribution in [2.45, 2.75) is 26.5 Å². The van der Waals surface area contributed by atoms with Crippen molar-refractivity contribution >= 4 is 16.9 Å². The number of amides is 1. The quantitative estimate of drug-likeness (QED) is 0.673. The van der Waals surface area contributed by atoms with Crippen LogP contribution in [-0.4, -0.2) is 29.1 Å². The summed E-state index contributed by atoms with van der Waals surface area (Å²) in [6, 6.07) is 15.6. The van der Waals surface area contributed by atoms with Gasteiger partial charge in [-0.1, -0.05) is 24.3 Å². The van der Waals surface area contributed by atoms with E-state index < -0.39 is 0 Å². The van der Waals surface area contributed by atoms with Crippen molar-refractivity contribution in [3.8, 4) is 0 Å². The largest absolute Gasteiger partial charge is 0.380 e. The van der Waals surface area contributed by atoms with E-state index in [0.29, 0.717) is 18.7 Å². The van der Waals surface area contributed by atoms with Crippen molar-refractivity contribution in [1.82, 2.24) is 14.9 Å². The van der Waals surface area contributed by atoms with Crippen LogP contribution < -0.4 is 5.32 Å². The van der Waals surface area contributed by atoms with E-state index in [-0.39, 0.29) is 5.91 Å². The first-order valence-corrected chi connectivity index (χ1v) is 8.47. The number of para-hydroxylation sites is 2. The van der Waals surface area contributed by atoms with Gasteiger partial charge in [0, 0.05) is 25.8 Å². The molecule has 1 aromatic heterocycles. The molecule has 0 saturated heterocycles. The van der Waals surface area contributed by atoms with Crippen LogP contribution in [0.5, 0.6) is 0 Å². The third-order valence-corrected chi connectivity index (χ3v) is 4.19. The minimum absolute atomic E-state index is 0.0508. The number of hydrogen-bond acceptors (Lipinski definition) is 3. The van der Waals surface area contributed by atoms with Crippen LogP contribution in [0, 0.1) is 6.92 Å². The topological polar surface area (TPSA) is 56.1 Å². The van der Waals surface area contributed by atoms with Crippen LogP contribution in [0.4, 0.5) is 0 Å². The molecule has 0 unspecified atom stereocenters. The molecule has 5 heteroatoms. The van der Waals surface area contributed by atoms with Crippen LogP contribution in [0.1, 0.15) is 28.2 Å². The van der Waals surface area contributed by atoms with Gasteiger partial charge in [0.15, 0.2) is 0 Å². The zero-order valence-corrected chi connectivity index (χ0v) is 14.7. The number of carbonyl (C=O) groups excluding carboxylic acids is 1. The number of fused-ring (bicyclic) bond motifs is 1. The van der Waals surface area contributed by atoms with Crippen molar-refractivity contribution in [1.29, 1.82) is 0 Å². The maximum Gasteiger partial charge on any atom is 0.251 e. The highest BCUT2D eigenvalue weighted by molar-refractivity contribution is 5.94. The van der Waals surface area contributed by atoms with E-state index in [9.17, 15) is 4.79 Å². The molecule has 0 aliphatic carbocycles. The van der Waals surface area contributed by atoms with E-state index >= 15 is 0 Å². The van der Waals surface area contributed by atoms with Crippen LogP contribution in [0.25, 0.3) is 11.0 Å². The molecule has 1 amide bonds. The molecule has 0 radical (unpaired) electrons. The Morgan fingerprint density at radius 1 is 1.20 bits per heavy atom. The summed E-state index contributed by atoms with van der Waals surface area (Å²) < 4.78 is 7.30. The first-order chi connectivity index (χ1) is 12.2. The van der Waals surface area contributed by atoms with E-state index in [4.69, 9.17) is 4.74 Å². The van der Waals surface area contributed by atoms with Crippen molar-refractivity contribution in [3.63, 3.8) is 0 Å². The van der Waals surface area contributed by atoms with Gasteiger partial charge in [-0.25, -0.2) is 4.98 Å². The molecule has 1 N–H and O–H groups in total. The zero-order valence-electron chi connectivity index (χ0n) is 14.7. The summed E-state index contributed by atoms with van der Waals surface area (Å²) >= 11 is 0. The Bertz CT molecular complexity index is 870. The highest BCUT2D eigenvalue weighted by atomic mass is 16.5. The average molecular weight is 337 g/mol. The van der Waals surface area contributed by atoms with Crippen molar-refractivity contribution in [3.05, 3.63) is 65.5 Å². The molecular formula is C20H23N3O2. The SMILES string of the molecule is COCc1cccc(C(=O)NCCCn2c(C)nc3ccccc32)c1. The minimum atomic E-state index is -0.0508. The van der Waals surface area contributed by atoms with Crippen LogP contribution >= 0.6 is 0 Å². The summed E-state index contributed by atoms with van der Waals surface area (Å²) in [5.41, 5.74) is 3.81. The number of benzene rings is 2. The Labute approximate surface area is 147 Å². The molecule has 0 atom stereocenters. The average Bonchev–Trinajstić information content (AvgIpc) is 2.94. The third kappa shape index (κ3) is 4.06. The molecule has 3 rings (SSSR count). The highest BCUT2D eigenvalue weighted by Crippen LogP contribution is 2.15. The van der Waals surface area contributed by atoms with Gasteiger partial charge >= 0.3 is 0 Å². The lowest BCUT2D eigenvalue weighted by molar-refractivity contribution is 0.0952. The molecule has 0 spiro atoms. The van der Waals surface area contributed by atoms with Crippen LogP contribution in [-0.2, 0) is 17.9 Å². The van der Waals surface area contributed by atoms with E-state index in [0.717, 1.165) is 35.4 Å². The van der Waals surface area contributed by atoms with Gasteiger partial charge in [0.2, 0.25) is 0 Å². The van der Waals surface area contributed by atoms with Gasteiger partial charge < -0.3 is 14.6 Å². The molecule has 0 aliphatic rings. The lowest BCUT2D eigenvalue weighted by Crippen LogP contribution is -2.25. The second kappa shape index (κ2) is 7.94. The van der Waals surface area contributed by atoms with Crippen molar-refractivity contribution in [2.24, 2.45) is 0 Å². The molecule has 130 valence electrons. The number of nitrogens with zero attached hydrogens (tertiary/aromatic N) is 2. The Kier molecular flexibility index (Phi) is 5.46. The minimum Gasteiger partial charge on any atom is -0.380 e. The smallest absolute Gasteiger partial charge is 0.251 e. The molecule has 0 saturated carbocycles. The Morgan fingerprint density at radius 2 is 2.04 bits per heavy atom. The number of nitrogens with one attached hydrogen (secondary N) is 1. The molecule has 1 heterocycles. The second-order valence-electron chi connectivity index (χ2n) is 6.04. The third-order valence-electron chi connectivity index (χ3n) is 4.19. The van der Waals surface area contributed by atoms with Gasteiger partial charge in [-0.15, -0.1) is 0 Å². The Hall–Kier alpha value is -2.66. The lowest BCUT2D eigenvalue weighted by atomic mass is 10.1. The van der Waals surface area contributed by atoms with Gasteiger partial charge in [0.05, 0.1) is 17.6 Å². The van der Waals surface area contributed by atoms with Crippen molar-refractivity contribution in [2.75, 3.05) is 13.7 Å². The summed E-state index contributed by atoms with van der Waals surface area (Å²) in [6.45, 7) is 3.98. The Morgan fingerprint density at radius 3 is 2.88 bits per heavy atom. The van der Waals surface area contributed by atoms with E-state index in [1.54, 1.807) is 7.11 Å². The van der Waals surface area contributed by atoms with Gasteiger partial charge in [-0.2, -0.15) is 0 Å². The monoisotopic (exact) mass is 337 g/mol. The zero-order chi connectivity index (χ0) is 17.6. The molecular weight excluding hydrogens is 314 g/mol. The highest BCUT2D eigenvalue weighted by Gasteiger charge is 2.08. The standard InChI is InChI=1S/C20H23N3O2/c1-15-22-18-9-3-4-10-19(18)23(15)12-6-11-21-20(24)17-8-5-7-16(13-17)14-25-2/h3-5,7-10,13H,6,11-12,14H2,1-2H3,(H,21,24). The number of rotatable bonds is 7. The van der Waals surface area contributed by atoms with E-state index in [2.05, 4.69) is 20.9 Å². The number of imidazole rings is 1. The predicted molar refractivity (Wildman–Crippen MR) is 98.6 cm³/mol. The number of hydrogen-bond donors (Lipinski definition) is 1. The number of carbonyl (C=O) groups is 1. The second-order valence-corrected chi connectivity index (χ2v) is 6.04. The van der Waals surface area contributed by atoms with Gasteiger partial charge in [-0.05, 0) is 43.2 Å². The number of ether oxygens (including phenoxy) is 1. The van der Waals surface area contributed by atoms with Crippen LogP contribution in [0.3, 0.4) is 0 Å². The van der Waals surface area contributed by atoms with Gasteiger partial charge in [0.1, 0.15) is 5.82 Å². The molecule has 25 heavy (non-hydrogen) atoms.